The Hall–Kier alpha value is -1.47. The summed E-state index contributed by atoms with van der Waals surface area (Å²) in [4.78, 5) is 15.2. The van der Waals surface area contributed by atoms with E-state index >= 15 is 0 Å². The summed E-state index contributed by atoms with van der Waals surface area (Å²) in [6, 6.07) is 3.50. The van der Waals surface area contributed by atoms with Crippen molar-refractivity contribution in [2.75, 3.05) is 5.75 Å². The third kappa shape index (κ3) is 3.55. The molecule has 7 heteroatoms. The fourth-order valence-corrected chi connectivity index (χ4v) is 3.98. The van der Waals surface area contributed by atoms with Gasteiger partial charge in [0, 0.05) is 12.4 Å². The van der Waals surface area contributed by atoms with E-state index in [0.29, 0.717) is 19.3 Å². The Bertz CT molecular complexity index is 565. The lowest BCUT2D eigenvalue weighted by Crippen LogP contribution is -2.53. The highest BCUT2D eigenvalue weighted by atomic mass is 32.2. The number of carbonyl (C=O) groups is 1. The van der Waals surface area contributed by atoms with E-state index in [4.69, 9.17) is 0 Å². The first-order valence-electron chi connectivity index (χ1n) is 6.57. The lowest BCUT2D eigenvalue weighted by Gasteiger charge is -2.24. The molecule has 2 rings (SSSR count). The summed E-state index contributed by atoms with van der Waals surface area (Å²) in [7, 11) is -3.62. The Kier molecular flexibility index (Phi) is 4.39. The molecule has 0 amide bonds. The summed E-state index contributed by atoms with van der Waals surface area (Å²) in [5, 5.41) is 9.28. The Morgan fingerprint density at radius 3 is 2.45 bits per heavy atom. The molecule has 0 unspecified atom stereocenters. The molecule has 0 saturated heterocycles. The minimum Gasteiger partial charge on any atom is -0.480 e. The Morgan fingerprint density at radius 1 is 1.30 bits per heavy atom. The van der Waals surface area contributed by atoms with E-state index < -0.39 is 21.5 Å². The third-order valence-electron chi connectivity index (χ3n) is 3.63. The van der Waals surface area contributed by atoms with Gasteiger partial charge in [-0.2, -0.15) is 4.72 Å². The number of carboxylic acids is 1. The second-order valence-electron chi connectivity index (χ2n) is 5.12. The van der Waals surface area contributed by atoms with Gasteiger partial charge in [-0.25, -0.2) is 8.42 Å². The van der Waals surface area contributed by atoms with E-state index in [-0.39, 0.29) is 5.75 Å². The molecule has 1 aliphatic rings. The van der Waals surface area contributed by atoms with E-state index in [9.17, 15) is 18.3 Å². The second kappa shape index (κ2) is 5.88. The lowest BCUT2D eigenvalue weighted by molar-refractivity contribution is -0.143. The van der Waals surface area contributed by atoms with Crippen LogP contribution >= 0.6 is 0 Å². The van der Waals surface area contributed by atoms with Crippen LogP contribution in [0.25, 0.3) is 0 Å². The molecule has 20 heavy (non-hydrogen) atoms. The van der Waals surface area contributed by atoms with Crippen LogP contribution in [-0.2, 0) is 21.2 Å². The molecular weight excluding hydrogens is 280 g/mol. The molecule has 0 bridgehead atoms. The zero-order valence-corrected chi connectivity index (χ0v) is 11.9. The van der Waals surface area contributed by atoms with Gasteiger partial charge in [0.25, 0.3) is 0 Å². The summed E-state index contributed by atoms with van der Waals surface area (Å²) >= 11 is 0. The van der Waals surface area contributed by atoms with Crippen LogP contribution in [0.5, 0.6) is 0 Å². The summed E-state index contributed by atoms with van der Waals surface area (Å²) in [5.74, 6) is -1.20. The number of pyridine rings is 1. The number of rotatable bonds is 6. The van der Waals surface area contributed by atoms with E-state index in [1.807, 2.05) is 0 Å². The van der Waals surface area contributed by atoms with Crippen LogP contribution in [-0.4, -0.2) is 35.8 Å². The van der Waals surface area contributed by atoms with Crippen molar-refractivity contribution in [3.05, 3.63) is 30.1 Å². The normalized spacial score (nSPS) is 18.0. The molecule has 0 atom stereocenters. The third-order valence-corrected chi connectivity index (χ3v) is 5.07. The van der Waals surface area contributed by atoms with Gasteiger partial charge >= 0.3 is 5.97 Å². The summed E-state index contributed by atoms with van der Waals surface area (Å²) < 4.78 is 26.6. The number of carboxylic acid groups (broad SMARTS) is 1. The molecule has 1 aromatic rings. The van der Waals surface area contributed by atoms with Gasteiger partial charge in [0.2, 0.25) is 10.0 Å². The first-order chi connectivity index (χ1) is 9.44. The van der Waals surface area contributed by atoms with E-state index in [2.05, 4.69) is 9.71 Å². The van der Waals surface area contributed by atoms with Crippen molar-refractivity contribution >= 4 is 16.0 Å². The van der Waals surface area contributed by atoms with Crippen LogP contribution in [0.1, 0.15) is 31.2 Å². The van der Waals surface area contributed by atoms with Gasteiger partial charge in [-0.3, -0.25) is 9.78 Å². The van der Waals surface area contributed by atoms with Crippen LogP contribution in [0.4, 0.5) is 0 Å². The number of nitrogens with one attached hydrogen (secondary N) is 1. The van der Waals surface area contributed by atoms with Crippen LogP contribution in [0.15, 0.2) is 24.5 Å². The quantitative estimate of drug-likeness (QED) is 0.815. The molecule has 2 N–H and O–H groups in total. The van der Waals surface area contributed by atoms with Crippen LogP contribution in [0.2, 0.25) is 0 Å². The van der Waals surface area contributed by atoms with Crippen molar-refractivity contribution in [3.63, 3.8) is 0 Å². The predicted octanol–water partition coefficient (Wildman–Crippen LogP) is 0.941. The highest BCUT2D eigenvalue weighted by Crippen LogP contribution is 2.30. The molecule has 1 fully saturated rings. The molecule has 110 valence electrons. The van der Waals surface area contributed by atoms with Crippen molar-refractivity contribution in [2.45, 2.75) is 37.6 Å². The van der Waals surface area contributed by atoms with E-state index in [1.165, 1.54) is 0 Å². The lowest BCUT2D eigenvalue weighted by atomic mass is 10.0. The number of aryl methyl sites for hydroxylation is 1. The van der Waals surface area contributed by atoms with Gasteiger partial charge < -0.3 is 5.11 Å². The maximum Gasteiger partial charge on any atom is 0.324 e. The summed E-state index contributed by atoms with van der Waals surface area (Å²) in [6.07, 6.45) is 5.73. The van der Waals surface area contributed by atoms with Gasteiger partial charge in [0.05, 0.1) is 5.75 Å². The molecule has 0 aliphatic heterocycles. The average Bonchev–Trinajstić information content (AvgIpc) is 2.87. The molecule has 6 nitrogen and oxygen atoms in total. The minimum absolute atomic E-state index is 0.119. The predicted molar refractivity (Wildman–Crippen MR) is 73.7 cm³/mol. The molecule has 1 aromatic heterocycles. The van der Waals surface area contributed by atoms with Crippen LogP contribution in [0.3, 0.4) is 0 Å². The zero-order chi connectivity index (χ0) is 14.6. The Balaban J connectivity index is 2.02. The molecule has 0 spiro atoms. The number of aliphatic carboxylic acids is 1. The highest BCUT2D eigenvalue weighted by Gasteiger charge is 2.44. The largest absolute Gasteiger partial charge is 0.480 e. The standard InChI is InChI=1S/C13H18N2O4S/c16-12(17)13(6-1-2-7-13)15-20(18,19)10-5-11-3-8-14-9-4-11/h3-4,8-9,15H,1-2,5-7,10H2,(H,16,17). The maximum absolute atomic E-state index is 12.1. The van der Waals surface area contributed by atoms with Crippen molar-refractivity contribution in [3.8, 4) is 0 Å². The highest BCUT2D eigenvalue weighted by molar-refractivity contribution is 7.89. The summed E-state index contributed by atoms with van der Waals surface area (Å²) in [6.45, 7) is 0. The molecule has 0 radical (unpaired) electrons. The van der Waals surface area contributed by atoms with Gasteiger partial charge in [-0.15, -0.1) is 0 Å². The molecule has 1 aliphatic carbocycles. The first-order valence-corrected chi connectivity index (χ1v) is 8.23. The molecule has 0 aromatic carbocycles. The van der Waals surface area contributed by atoms with E-state index in [0.717, 1.165) is 18.4 Å². The number of nitrogens with zero attached hydrogens (tertiary/aromatic N) is 1. The van der Waals surface area contributed by atoms with Gasteiger partial charge in [0.1, 0.15) is 5.54 Å². The van der Waals surface area contributed by atoms with E-state index in [1.54, 1.807) is 24.5 Å². The Labute approximate surface area is 118 Å². The Morgan fingerprint density at radius 2 is 1.90 bits per heavy atom. The zero-order valence-electron chi connectivity index (χ0n) is 11.1. The fourth-order valence-electron chi connectivity index (χ4n) is 2.49. The minimum atomic E-state index is -3.62. The topological polar surface area (TPSA) is 96.4 Å². The van der Waals surface area contributed by atoms with Crippen LogP contribution < -0.4 is 4.72 Å². The molecular formula is C13H18N2O4S. The van der Waals surface area contributed by atoms with Crippen LogP contribution in [0, 0.1) is 0 Å². The van der Waals surface area contributed by atoms with Gasteiger partial charge in [-0.1, -0.05) is 12.8 Å². The van der Waals surface area contributed by atoms with Crippen molar-refractivity contribution in [1.29, 1.82) is 0 Å². The number of sulfonamides is 1. The van der Waals surface area contributed by atoms with Gasteiger partial charge in [-0.05, 0) is 37.0 Å². The average molecular weight is 298 g/mol. The first kappa shape index (κ1) is 14.9. The second-order valence-corrected chi connectivity index (χ2v) is 6.96. The monoisotopic (exact) mass is 298 g/mol. The summed E-state index contributed by atoms with van der Waals surface area (Å²) in [5.41, 5.74) is -0.446. The molecule has 1 saturated carbocycles. The van der Waals surface area contributed by atoms with Crippen molar-refractivity contribution in [2.24, 2.45) is 0 Å². The van der Waals surface area contributed by atoms with Crippen molar-refractivity contribution in [1.82, 2.24) is 9.71 Å². The maximum atomic E-state index is 12.1. The van der Waals surface area contributed by atoms with Crippen molar-refractivity contribution < 1.29 is 18.3 Å². The molecule has 1 heterocycles. The van der Waals surface area contributed by atoms with Gasteiger partial charge in [0.15, 0.2) is 0 Å². The SMILES string of the molecule is O=C(O)C1(NS(=O)(=O)CCc2ccncc2)CCCC1. The number of hydrogen-bond acceptors (Lipinski definition) is 4. The number of aromatic nitrogens is 1. The smallest absolute Gasteiger partial charge is 0.324 e. The fraction of sp³-hybridized carbons (Fsp3) is 0.538. The number of hydrogen-bond donors (Lipinski definition) is 2.